The van der Waals surface area contributed by atoms with Crippen LogP contribution in [0.25, 0.3) is 10.9 Å². The van der Waals surface area contributed by atoms with Crippen molar-refractivity contribution >= 4 is 10.9 Å². The number of fused-ring (bicyclic) bond motifs is 1. The molecule has 2 aromatic rings. The van der Waals surface area contributed by atoms with Gasteiger partial charge in [0.2, 0.25) is 0 Å². The lowest BCUT2D eigenvalue weighted by Crippen LogP contribution is -2.21. The first-order chi connectivity index (χ1) is 8.69. The van der Waals surface area contributed by atoms with Crippen LogP contribution in [0.1, 0.15) is 18.9 Å². The van der Waals surface area contributed by atoms with Gasteiger partial charge in [-0.15, -0.1) is 0 Å². The number of aromatic amines is 1. The van der Waals surface area contributed by atoms with Gasteiger partial charge in [0.25, 0.3) is 0 Å². The van der Waals surface area contributed by atoms with E-state index < -0.39 is 0 Å². The van der Waals surface area contributed by atoms with Gasteiger partial charge < -0.3 is 20.2 Å². The van der Waals surface area contributed by atoms with Gasteiger partial charge in [0.05, 0.1) is 19.7 Å². The normalized spacial score (nSPS) is 12.7. The van der Waals surface area contributed by atoms with E-state index in [0.29, 0.717) is 0 Å². The predicted molar refractivity (Wildman–Crippen MR) is 73.4 cm³/mol. The first-order valence-electron chi connectivity index (χ1n) is 6.17. The standard InChI is InChI=1S/C14H20N2O2/c1-4-10(15)5-9-8-16-14-12(9)6-11(17-2)7-13(14)18-3/h6-8,10,16H,4-5,15H2,1-3H3. The largest absolute Gasteiger partial charge is 0.497 e. The molecule has 0 amide bonds. The summed E-state index contributed by atoms with van der Waals surface area (Å²) in [6.45, 7) is 2.10. The Balaban J connectivity index is 2.49. The van der Waals surface area contributed by atoms with Gasteiger partial charge in [0.1, 0.15) is 11.5 Å². The summed E-state index contributed by atoms with van der Waals surface area (Å²) in [4.78, 5) is 3.25. The van der Waals surface area contributed by atoms with E-state index in [4.69, 9.17) is 15.2 Å². The van der Waals surface area contributed by atoms with E-state index in [1.54, 1.807) is 14.2 Å². The molecule has 4 heteroatoms. The van der Waals surface area contributed by atoms with E-state index in [1.807, 2.05) is 18.3 Å². The maximum atomic E-state index is 6.02. The molecule has 0 aliphatic heterocycles. The van der Waals surface area contributed by atoms with Crippen LogP contribution in [0.4, 0.5) is 0 Å². The van der Waals surface area contributed by atoms with Crippen LogP contribution in [0.15, 0.2) is 18.3 Å². The Hall–Kier alpha value is -1.68. The summed E-state index contributed by atoms with van der Waals surface area (Å²) in [6, 6.07) is 4.08. The molecule has 0 fully saturated rings. The molecular formula is C14H20N2O2. The third-order valence-corrected chi connectivity index (χ3v) is 3.27. The van der Waals surface area contributed by atoms with Gasteiger partial charge in [-0.1, -0.05) is 6.92 Å². The number of benzene rings is 1. The van der Waals surface area contributed by atoms with Crippen molar-refractivity contribution in [2.75, 3.05) is 14.2 Å². The van der Waals surface area contributed by atoms with Crippen molar-refractivity contribution in [1.82, 2.24) is 4.98 Å². The number of methoxy groups -OCH3 is 2. The van der Waals surface area contributed by atoms with E-state index in [1.165, 1.54) is 5.56 Å². The highest BCUT2D eigenvalue weighted by atomic mass is 16.5. The van der Waals surface area contributed by atoms with Crippen LogP contribution in [0.3, 0.4) is 0 Å². The van der Waals surface area contributed by atoms with Crippen molar-refractivity contribution in [2.45, 2.75) is 25.8 Å². The van der Waals surface area contributed by atoms with E-state index in [-0.39, 0.29) is 6.04 Å². The second-order valence-electron chi connectivity index (χ2n) is 4.44. The van der Waals surface area contributed by atoms with Crippen molar-refractivity contribution in [1.29, 1.82) is 0 Å². The van der Waals surface area contributed by atoms with Crippen molar-refractivity contribution in [3.63, 3.8) is 0 Å². The van der Waals surface area contributed by atoms with E-state index in [0.717, 1.165) is 35.2 Å². The smallest absolute Gasteiger partial charge is 0.146 e. The molecule has 0 spiro atoms. The van der Waals surface area contributed by atoms with Crippen LogP contribution >= 0.6 is 0 Å². The molecule has 18 heavy (non-hydrogen) atoms. The first kappa shape index (κ1) is 12.8. The van der Waals surface area contributed by atoms with Crippen molar-refractivity contribution in [3.8, 4) is 11.5 Å². The number of H-pyrrole nitrogens is 1. The molecule has 2 rings (SSSR count). The average molecular weight is 248 g/mol. The Morgan fingerprint density at radius 3 is 2.67 bits per heavy atom. The number of nitrogens with one attached hydrogen (secondary N) is 1. The maximum absolute atomic E-state index is 6.02. The van der Waals surface area contributed by atoms with E-state index in [9.17, 15) is 0 Å². The van der Waals surface area contributed by atoms with Gasteiger partial charge in [0.15, 0.2) is 0 Å². The summed E-state index contributed by atoms with van der Waals surface area (Å²) in [7, 11) is 3.32. The van der Waals surface area contributed by atoms with Gasteiger partial charge in [0, 0.05) is 23.7 Å². The first-order valence-corrected chi connectivity index (χ1v) is 6.17. The molecule has 0 aliphatic carbocycles. The number of nitrogens with two attached hydrogens (primary N) is 1. The monoisotopic (exact) mass is 248 g/mol. The summed E-state index contributed by atoms with van der Waals surface area (Å²) in [5.74, 6) is 1.59. The average Bonchev–Trinajstić information content (AvgIpc) is 2.80. The van der Waals surface area contributed by atoms with Crippen LogP contribution in [-0.2, 0) is 6.42 Å². The Morgan fingerprint density at radius 1 is 1.28 bits per heavy atom. The minimum atomic E-state index is 0.182. The fourth-order valence-corrected chi connectivity index (χ4v) is 2.10. The topological polar surface area (TPSA) is 60.3 Å². The molecule has 0 aliphatic rings. The highest BCUT2D eigenvalue weighted by Crippen LogP contribution is 2.32. The zero-order valence-electron chi connectivity index (χ0n) is 11.1. The predicted octanol–water partition coefficient (Wildman–Crippen LogP) is 2.46. The number of ether oxygens (including phenoxy) is 2. The lowest BCUT2D eigenvalue weighted by atomic mass is 10.0. The van der Waals surface area contributed by atoms with Gasteiger partial charge in [-0.25, -0.2) is 0 Å². The van der Waals surface area contributed by atoms with Crippen LogP contribution < -0.4 is 15.2 Å². The Bertz CT molecular complexity index is 534. The fourth-order valence-electron chi connectivity index (χ4n) is 2.10. The second kappa shape index (κ2) is 5.31. The van der Waals surface area contributed by atoms with Crippen molar-refractivity contribution in [2.24, 2.45) is 5.73 Å². The third kappa shape index (κ3) is 2.29. The van der Waals surface area contributed by atoms with Crippen LogP contribution in [0, 0.1) is 0 Å². The molecule has 3 N–H and O–H groups in total. The molecule has 0 radical (unpaired) electrons. The lowest BCUT2D eigenvalue weighted by molar-refractivity contribution is 0.397. The lowest BCUT2D eigenvalue weighted by Gasteiger charge is -2.09. The molecule has 0 bridgehead atoms. The summed E-state index contributed by atoms with van der Waals surface area (Å²) in [5, 5.41) is 1.12. The summed E-state index contributed by atoms with van der Waals surface area (Å²) in [6.07, 6.45) is 3.82. The van der Waals surface area contributed by atoms with Crippen molar-refractivity contribution in [3.05, 3.63) is 23.9 Å². The molecule has 1 atom stereocenters. The second-order valence-corrected chi connectivity index (χ2v) is 4.44. The molecule has 1 aromatic carbocycles. The highest BCUT2D eigenvalue weighted by molar-refractivity contribution is 5.90. The van der Waals surface area contributed by atoms with Gasteiger partial charge in [-0.2, -0.15) is 0 Å². The van der Waals surface area contributed by atoms with E-state index in [2.05, 4.69) is 11.9 Å². The summed E-state index contributed by atoms with van der Waals surface area (Å²) < 4.78 is 10.7. The van der Waals surface area contributed by atoms with Crippen molar-refractivity contribution < 1.29 is 9.47 Å². The molecule has 98 valence electrons. The number of hydrogen-bond donors (Lipinski definition) is 2. The minimum absolute atomic E-state index is 0.182. The molecule has 1 unspecified atom stereocenters. The van der Waals surface area contributed by atoms with Gasteiger partial charge in [-0.05, 0) is 24.5 Å². The molecule has 0 saturated heterocycles. The van der Waals surface area contributed by atoms with Crippen LogP contribution in [0.5, 0.6) is 11.5 Å². The van der Waals surface area contributed by atoms with Crippen LogP contribution in [-0.4, -0.2) is 25.2 Å². The third-order valence-electron chi connectivity index (χ3n) is 3.27. The fraction of sp³-hybridized carbons (Fsp3) is 0.429. The Labute approximate surface area is 107 Å². The van der Waals surface area contributed by atoms with Crippen LogP contribution in [0.2, 0.25) is 0 Å². The number of hydrogen-bond acceptors (Lipinski definition) is 3. The van der Waals surface area contributed by atoms with Gasteiger partial charge >= 0.3 is 0 Å². The van der Waals surface area contributed by atoms with Gasteiger partial charge in [-0.3, -0.25) is 0 Å². The highest BCUT2D eigenvalue weighted by Gasteiger charge is 2.12. The zero-order valence-corrected chi connectivity index (χ0v) is 11.1. The van der Waals surface area contributed by atoms with E-state index >= 15 is 0 Å². The minimum Gasteiger partial charge on any atom is -0.497 e. The Morgan fingerprint density at radius 2 is 2.06 bits per heavy atom. The summed E-state index contributed by atoms with van der Waals surface area (Å²) in [5.41, 5.74) is 8.22. The molecule has 1 aromatic heterocycles. The zero-order chi connectivity index (χ0) is 13.1. The molecular weight excluding hydrogens is 228 g/mol. The molecule has 1 heterocycles. The molecule has 0 saturated carbocycles. The Kier molecular flexibility index (Phi) is 3.77. The number of rotatable bonds is 5. The maximum Gasteiger partial charge on any atom is 0.146 e. The number of aromatic nitrogens is 1. The SMILES string of the molecule is CCC(N)Cc1c[nH]c2c(OC)cc(OC)cc12. The summed E-state index contributed by atoms with van der Waals surface area (Å²) >= 11 is 0. The quantitative estimate of drug-likeness (QED) is 0.854. The molecule has 4 nitrogen and oxygen atoms in total.